The van der Waals surface area contributed by atoms with Crippen LogP contribution in [-0.2, 0) is 9.53 Å². The summed E-state index contributed by atoms with van der Waals surface area (Å²) in [6, 6.07) is 9.70. The lowest BCUT2D eigenvalue weighted by Crippen LogP contribution is -2.44. The highest BCUT2D eigenvalue weighted by atomic mass is 35.5. The van der Waals surface area contributed by atoms with E-state index in [1.54, 1.807) is 23.5 Å². The van der Waals surface area contributed by atoms with E-state index in [1.807, 2.05) is 19.1 Å². The molecule has 0 radical (unpaired) electrons. The van der Waals surface area contributed by atoms with Crippen molar-refractivity contribution in [3.63, 3.8) is 0 Å². The number of morpholine rings is 1. The maximum absolute atomic E-state index is 12.2. The lowest BCUT2D eigenvalue weighted by atomic mass is 10.2. The Kier molecular flexibility index (Phi) is 6.91. The Morgan fingerprint density at radius 1 is 1.38 bits per heavy atom. The SMILES string of the molecule is Cc1cc(OCC(=O)NCC(c2cccs2)N2CCOCC2)ccc1Cl. The highest BCUT2D eigenvalue weighted by Gasteiger charge is 2.23. The second kappa shape index (κ2) is 9.37. The second-order valence-corrected chi connectivity index (χ2v) is 7.57. The van der Waals surface area contributed by atoms with Crippen molar-refractivity contribution in [3.05, 3.63) is 51.2 Å². The Hall–Kier alpha value is -1.60. The van der Waals surface area contributed by atoms with Gasteiger partial charge in [0.15, 0.2) is 6.61 Å². The summed E-state index contributed by atoms with van der Waals surface area (Å²) in [5, 5.41) is 5.75. The summed E-state index contributed by atoms with van der Waals surface area (Å²) in [7, 11) is 0. The van der Waals surface area contributed by atoms with Crippen molar-refractivity contribution in [3.8, 4) is 5.75 Å². The molecule has 1 aliphatic heterocycles. The summed E-state index contributed by atoms with van der Waals surface area (Å²) in [4.78, 5) is 15.8. The molecule has 1 aliphatic rings. The summed E-state index contributed by atoms with van der Waals surface area (Å²) in [6.07, 6.45) is 0. The zero-order valence-electron chi connectivity index (χ0n) is 14.7. The Labute approximate surface area is 162 Å². The molecule has 0 aliphatic carbocycles. The molecule has 1 amide bonds. The molecule has 1 N–H and O–H groups in total. The van der Waals surface area contributed by atoms with Crippen molar-refractivity contribution < 1.29 is 14.3 Å². The molecule has 0 saturated carbocycles. The average Bonchev–Trinajstić information content (AvgIpc) is 3.18. The number of hydrogen-bond acceptors (Lipinski definition) is 5. The van der Waals surface area contributed by atoms with E-state index in [0.29, 0.717) is 17.3 Å². The van der Waals surface area contributed by atoms with Gasteiger partial charge in [-0.1, -0.05) is 17.7 Å². The summed E-state index contributed by atoms with van der Waals surface area (Å²) < 4.78 is 11.0. The van der Waals surface area contributed by atoms with Crippen LogP contribution in [0.15, 0.2) is 35.7 Å². The van der Waals surface area contributed by atoms with Gasteiger partial charge in [-0.25, -0.2) is 0 Å². The predicted molar refractivity (Wildman–Crippen MR) is 104 cm³/mol. The molecule has 2 heterocycles. The van der Waals surface area contributed by atoms with Gasteiger partial charge in [-0.15, -0.1) is 11.3 Å². The quantitative estimate of drug-likeness (QED) is 0.783. The summed E-state index contributed by atoms with van der Waals surface area (Å²) >= 11 is 7.72. The molecule has 1 aromatic heterocycles. The van der Waals surface area contributed by atoms with Gasteiger partial charge in [-0.3, -0.25) is 9.69 Å². The second-order valence-electron chi connectivity index (χ2n) is 6.18. The Balaban J connectivity index is 1.52. The normalized spacial score (nSPS) is 16.2. The lowest BCUT2D eigenvalue weighted by Gasteiger charge is -2.34. The van der Waals surface area contributed by atoms with Crippen LogP contribution < -0.4 is 10.1 Å². The van der Waals surface area contributed by atoms with Crippen LogP contribution in [0.3, 0.4) is 0 Å². The average molecular weight is 395 g/mol. The smallest absolute Gasteiger partial charge is 0.258 e. The maximum atomic E-state index is 12.2. The minimum atomic E-state index is -0.132. The number of halogens is 1. The monoisotopic (exact) mass is 394 g/mol. The molecular formula is C19H23ClN2O3S. The molecule has 26 heavy (non-hydrogen) atoms. The number of ether oxygens (including phenoxy) is 2. The number of hydrogen-bond donors (Lipinski definition) is 1. The van der Waals surface area contributed by atoms with E-state index in [-0.39, 0.29) is 18.6 Å². The molecule has 140 valence electrons. The molecular weight excluding hydrogens is 372 g/mol. The molecule has 1 atom stereocenters. The Morgan fingerprint density at radius 2 is 2.19 bits per heavy atom. The number of carbonyl (C=O) groups excluding carboxylic acids is 1. The number of benzene rings is 1. The highest BCUT2D eigenvalue weighted by molar-refractivity contribution is 7.10. The minimum absolute atomic E-state index is 0.0126. The number of rotatable bonds is 7. The van der Waals surface area contributed by atoms with E-state index in [4.69, 9.17) is 21.1 Å². The first-order valence-corrected chi connectivity index (χ1v) is 9.90. The fourth-order valence-corrected chi connectivity index (χ4v) is 3.88. The Bertz CT molecular complexity index is 718. The highest BCUT2D eigenvalue weighted by Crippen LogP contribution is 2.25. The number of nitrogens with one attached hydrogen (secondary N) is 1. The third kappa shape index (κ3) is 5.20. The van der Waals surface area contributed by atoms with Gasteiger partial charge in [-0.2, -0.15) is 0 Å². The van der Waals surface area contributed by atoms with Crippen LogP contribution in [0.1, 0.15) is 16.5 Å². The molecule has 7 heteroatoms. The molecule has 2 aromatic rings. The summed E-state index contributed by atoms with van der Waals surface area (Å²) in [6.45, 7) is 5.66. The van der Waals surface area contributed by atoms with Crippen LogP contribution in [-0.4, -0.2) is 50.3 Å². The molecule has 1 saturated heterocycles. The summed E-state index contributed by atoms with van der Waals surface area (Å²) in [5.41, 5.74) is 0.926. The van der Waals surface area contributed by atoms with Gasteiger partial charge in [0.2, 0.25) is 0 Å². The number of aryl methyl sites for hydroxylation is 1. The minimum Gasteiger partial charge on any atom is -0.484 e. The van der Waals surface area contributed by atoms with E-state index in [1.165, 1.54) is 4.88 Å². The van der Waals surface area contributed by atoms with Crippen LogP contribution in [0.2, 0.25) is 5.02 Å². The zero-order chi connectivity index (χ0) is 18.4. The van der Waals surface area contributed by atoms with Crippen molar-refractivity contribution >= 4 is 28.8 Å². The van der Waals surface area contributed by atoms with Gasteiger partial charge in [0.05, 0.1) is 19.3 Å². The Morgan fingerprint density at radius 3 is 2.88 bits per heavy atom. The largest absolute Gasteiger partial charge is 0.484 e. The third-order valence-electron chi connectivity index (χ3n) is 4.35. The van der Waals surface area contributed by atoms with Crippen LogP contribution in [0.5, 0.6) is 5.75 Å². The molecule has 0 spiro atoms. The fraction of sp³-hybridized carbons (Fsp3) is 0.421. The van der Waals surface area contributed by atoms with Gasteiger partial charge in [0.1, 0.15) is 5.75 Å². The van der Waals surface area contributed by atoms with E-state index in [2.05, 4.69) is 21.7 Å². The van der Waals surface area contributed by atoms with Crippen molar-refractivity contribution in [2.45, 2.75) is 13.0 Å². The standard InChI is InChI=1S/C19H23ClN2O3S/c1-14-11-15(4-5-16(14)20)25-13-19(23)21-12-17(18-3-2-10-26-18)22-6-8-24-9-7-22/h2-5,10-11,17H,6-9,12-13H2,1H3,(H,21,23). The van der Waals surface area contributed by atoms with Gasteiger partial charge in [0.25, 0.3) is 5.91 Å². The number of carbonyl (C=O) groups is 1. The van der Waals surface area contributed by atoms with Crippen LogP contribution in [0, 0.1) is 6.92 Å². The van der Waals surface area contributed by atoms with Crippen molar-refractivity contribution in [1.29, 1.82) is 0 Å². The van der Waals surface area contributed by atoms with E-state index in [0.717, 1.165) is 31.9 Å². The van der Waals surface area contributed by atoms with Gasteiger partial charge in [0, 0.05) is 29.5 Å². The van der Waals surface area contributed by atoms with Crippen molar-refractivity contribution in [1.82, 2.24) is 10.2 Å². The first kappa shape index (κ1) is 19.2. The topological polar surface area (TPSA) is 50.8 Å². The van der Waals surface area contributed by atoms with Crippen LogP contribution in [0.25, 0.3) is 0 Å². The van der Waals surface area contributed by atoms with Gasteiger partial charge < -0.3 is 14.8 Å². The molecule has 5 nitrogen and oxygen atoms in total. The van der Waals surface area contributed by atoms with Gasteiger partial charge >= 0.3 is 0 Å². The van der Waals surface area contributed by atoms with E-state index < -0.39 is 0 Å². The number of nitrogens with zero attached hydrogens (tertiary/aromatic N) is 1. The number of thiophene rings is 1. The number of amides is 1. The first-order chi connectivity index (χ1) is 12.6. The van der Waals surface area contributed by atoms with Crippen LogP contribution in [0.4, 0.5) is 0 Å². The van der Waals surface area contributed by atoms with Gasteiger partial charge in [-0.05, 0) is 42.1 Å². The predicted octanol–water partition coefficient (Wildman–Crippen LogP) is 3.28. The van der Waals surface area contributed by atoms with Crippen LogP contribution >= 0.6 is 22.9 Å². The molecule has 3 rings (SSSR count). The fourth-order valence-electron chi connectivity index (χ4n) is 2.90. The zero-order valence-corrected chi connectivity index (χ0v) is 16.3. The molecule has 1 aromatic carbocycles. The lowest BCUT2D eigenvalue weighted by molar-refractivity contribution is -0.123. The van der Waals surface area contributed by atoms with E-state index in [9.17, 15) is 4.79 Å². The summed E-state index contributed by atoms with van der Waals surface area (Å²) in [5.74, 6) is 0.512. The molecule has 0 bridgehead atoms. The maximum Gasteiger partial charge on any atom is 0.258 e. The van der Waals surface area contributed by atoms with E-state index >= 15 is 0 Å². The third-order valence-corrected chi connectivity index (χ3v) is 5.75. The molecule has 1 fully saturated rings. The van der Waals surface area contributed by atoms with Crippen molar-refractivity contribution in [2.24, 2.45) is 0 Å². The molecule has 1 unspecified atom stereocenters. The first-order valence-electron chi connectivity index (χ1n) is 8.64. The van der Waals surface area contributed by atoms with Crippen molar-refractivity contribution in [2.75, 3.05) is 39.5 Å².